The Balaban J connectivity index is 1.54. The van der Waals surface area contributed by atoms with Crippen molar-refractivity contribution >= 4 is 29.6 Å². The summed E-state index contributed by atoms with van der Waals surface area (Å²) < 4.78 is 0. The van der Waals surface area contributed by atoms with Crippen LogP contribution in [0.1, 0.15) is 21.5 Å². The van der Waals surface area contributed by atoms with Gasteiger partial charge in [0.2, 0.25) is 0 Å². The van der Waals surface area contributed by atoms with Gasteiger partial charge >= 0.3 is 0 Å². The molecule has 0 spiro atoms. The topological polar surface area (TPSA) is 84.6 Å². The second-order valence-corrected chi connectivity index (χ2v) is 6.90. The first-order valence-corrected chi connectivity index (χ1v) is 9.45. The highest BCUT2D eigenvalue weighted by molar-refractivity contribution is 7.98. The first-order chi connectivity index (χ1) is 13.6. The molecule has 0 unspecified atom stereocenters. The molecule has 3 rings (SSSR count). The van der Waals surface area contributed by atoms with E-state index >= 15 is 0 Å². The van der Waals surface area contributed by atoms with Crippen LogP contribution in [0.4, 0.5) is 5.69 Å². The molecule has 1 amide bonds. The van der Waals surface area contributed by atoms with Crippen molar-refractivity contribution in [2.75, 3.05) is 0 Å². The van der Waals surface area contributed by atoms with Gasteiger partial charge in [0.05, 0.1) is 11.1 Å². The molecule has 0 fully saturated rings. The number of nitro groups is 1. The fourth-order valence-corrected chi connectivity index (χ4v) is 3.26. The van der Waals surface area contributed by atoms with Crippen LogP contribution in [0.3, 0.4) is 0 Å². The van der Waals surface area contributed by atoms with Gasteiger partial charge in [0.15, 0.2) is 0 Å². The number of amides is 1. The molecule has 0 aliphatic rings. The number of thioether (sulfide) groups is 1. The molecule has 3 aromatic rings. The van der Waals surface area contributed by atoms with Gasteiger partial charge in [-0.1, -0.05) is 42.5 Å². The maximum absolute atomic E-state index is 12.2. The lowest BCUT2D eigenvalue weighted by atomic mass is 10.1. The summed E-state index contributed by atoms with van der Waals surface area (Å²) in [4.78, 5) is 23.6. The fourth-order valence-electron chi connectivity index (χ4n) is 2.38. The number of benzene rings is 3. The zero-order valence-electron chi connectivity index (χ0n) is 14.8. The molecule has 7 heteroatoms. The summed E-state index contributed by atoms with van der Waals surface area (Å²) in [5, 5.41) is 14.6. The van der Waals surface area contributed by atoms with Crippen LogP contribution in [-0.4, -0.2) is 17.0 Å². The summed E-state index contributed by atoms with van der Waals surface area (Å²) in [6, 6.07) is 23.4. The zero-order valence-corrected chi connectivity index (χ0v) is 15.6. The van der Waals surface area contributed by atoms with Crippen LogP contribution >= 0.6 is 11.8 Å². The molecule has 0 bridgehead atoms. The Bertz CT molecular complexity index is 989. The van der Waals surface area contributed by atoms with E-state index in [0.29, 0.717) is 11.1 Å². The minimum atomic E-state index is -0.479. The lowest BCUT2D eigenvalue weighted by Crippen LogP contribution is -2.17. The highest BCUT2D eigenvalue weighted by atomic mass is 32.2. The average Bonchev–Trinajstić information content (AvgIpc) is 2.73. The molecule has 0 aliphatic heterocycles. The fraction of sp³-hybridized carbons (Fsp3) is 0.0476. The maximum Gasteiger partial charge on any atom is 0.271 e. The summed E-state index contributed by atoms with van der Waals surface area (Å²) in [6.07, 6.45) is 1.37. The molecule has 28 heavy (non-hydrogen) atoms. The van der Waals surface area contributed by atoms with Crippen molar-refractivity contribution in [2.45, 2.75) is 10.6 Å². The second-order valence-electron chi connectivity index (χ2n) is 5.85. The predicted octanol–water partition coefficient (Wildman–Crippen LogP) is 4.65. The third kappa shape index (κ3) is 5.52. The summed E-state index contributed by atoms with van der Waals surface area (Å²) in [5.74, 6) is 0.473. The van der Waals surface area contributed by atoms with Crippen molar-refractivity contribution in [1.82, 2.24) is 5.43 Å². The van der Waals surface area contributed by atoms with Crippen LogP contribution in [0.5, 0.6) is 0 Å². The van der Waals surface area contributed by atoms with Gasteiger partial charge in [-0.05, 0) is 29.8 Å². The number of carbonyl (C=O) groups is 1. The smallest absolute Gasteiger partial charge is 0.267 e. The standard InChI is InChI=1S/C21H17N3O3S/c25-21(23-22-14-17-5-4-6-19(13-17)24(26)27)18-11-9-16(10-12-18)15-28-20-7-2-1-3-8-20/h1-14H,15H2,(H,23,25). The molecule has 0 aliphatic carbocycles. The van der Waals surface area contributed by atoms with Gasteiger partial charge < -0.3 is 0 Å². The summed E-state index contributed by atoms with van der Waals surface area (Å²) >= 11 is 1.73. The van der Waals surface area contributed by atoms with E-state index in [1.807, 2.05) is 30.3 Å². The number of carbonyl (C=O) groups excluding carboxylic acids is 1. The summed E-state index contributed by atoms with van der Waals surface area (Å²) in [5.41, 5.74) is 4.54. The lowest BCUT2D eigenvalue weighted by Gasteiger charge is -2.04. The Hall–Kier alpha value is -3.45. The number of rotatable bonds is 7. The Morgan fingerprint density at radius 1 is 1.04 bits per heavy atom. The number of hydrogen-bond donors (Lipinski definition) is 1. The van der Waals surface area contributed by atoms with E-state index in [-0.39, 0.29) is 11.6 Å². The average molecular weight is 391 g/mol. The molecular weight excluding hydrogens is 374 g/mol. The number of non-ortho nitro benzene ring substituents is 1. The Morgan fingerprint density at radius 2 is 1.79 bits per heavy atom. The molecule has 6 nitrogen and oxygen atoms in total. The second kappa shape index (κ2) is 9.48. The van der Waals surface area contributed by atoms with E-state index in [1.54, 1.807) is 36.0 Å². The van der Waals surface area contributed by atoms with Gasteiger partial charge in [0.25, 0.3) is 11.6 Å². The van der Waals surface area contributed by atoms with Crippen LogP contribution < -0.4 is 5.43 Å². The van der Waals surface area contributed by atoms with Gasteiger partial charge in [0, 0.05) is 33.9 Å². The molecule has 0 atom stereocenters. The molecule has 3 aromatic carbocycles. The molecule has 0 radical (unpaired) electrons. The number of nitro benzene ring substituents is 1. The number of hydrazone groups is 1. The minimum absolute atomic E-state index is 0.0285. The molecule has 1 N–H and O–H groups in total. The van der Waals surface area contributed by atoms with Crippen molar-refractivity contribution in [3.05, 3.63) is 106 Å². The first kappa shape index (κ1) is 19.3. The van der Waals surface area contributed by atoms with E-state index in [4.69, 9.17) is 0 Å². The molecule has 0 saturated heterocycles. The Morgan fingerprint density at radius 3 is 2.50 bits per heavy atom. The minimum Gasteiger partial charge on any atom is -0.267 e. The molecule has 0 heterocycles. The van der Waals surface area contributed by atoms with Gasteiger partial charge in [0.1, 0.15) is 0 Å². The summed E-state index contributed by atoms with van der Waals surface area (Å²) in [6.45, 7) is 0. The Kier molecular flexibility index (Phi) is 6.54. The van der Waals surface area contributed by atoms with Gasteiger partial charge in [-0.2, -0.15) is 5.10 Å². The highest BCUT2D eigenvalue weighted by Gasteiger charge is 2.06. The predicted molar refractivity (Wildman–Crippen MR) is 111 cm³/mol. The maximum atomic E-state index is 12.2. The normalized spacial score (nSPS) is 10.7. The number of hydrogen-bond acceptors (Lipinski definition) is 5. The van der Waals surface area contributed by atoms with Crippen LogP contribution in [0.25, 0.3) is 0 Å². The zero-order chi connectivity index (χ0) is 19.8. The quantitative estimate of drug-likeness (QED) is 0.275. The van der Waals surface area contributed by atoms with Gasteiger partial charge in [-0.25, -0.2) is 5.43 Å². The van der Waals surface area contributed by atoms with Crippen molar-refractivity contribution in [2.24, 2.45) is 5.10 Å². The largest absolute Gasteiger partial charge is 0.271 e. The monoisotopic (exact) mass is 391 g/mol. The SMILES string of the molecule is O=C(NN=Cc1cccc([N+](=O)[O-])c1)c1ccc(CSc2ccccc2)cc1. The molecular formula is C21H17N3O3S. The number of nitrogens with zero attached hydrogens (tertiary/aromatic N) is 2. The van der Waals surface area contributed by atoms with Crippen molar-refractivity contribution in [3.8, 4) is 0 Å². The van der Waals surface area contributed by atoms with E-state index in [1.165, 1.54) is 23.2 Å². The highest BCUT2D eigenvalue weighted by Crippen LogP contribution is 2.22. The third-order valence-electron chi connectivity index (χ3n) is 3.83. The van der Waals surface area contributed by atoms with Gasteiger partial charge in [-0.3, -0.25) is 14.9 Å². The van der Waals surface area contributed by atoms with Gasteiger partial charge in [-0.15, -0.1) is 11.8 Å². The third-order valence-corrected chi connectivity index (χ3v) is 4.91. The van der Waals surface area contributed by atoms with Crippen molar-refractivity contribution in [3.63, 3.8) is 0 Å². The van der Waals surface area contributed by atoms with Crippen LogP contribution in [-0.2, 0) is 5.75 Å². The van der Waals surface area contributed by atoms with E-state index in [9.17, 15) is 14.9 Å². The molecule has 0 aromatic heterocycles. The van der Waals surface area contributed by atoms with Crippen molar-refractivity contribution in [1.29, 1.82) is 0 Å². The number of nitrogens with one attached hydrogen (secondary N) is 1. The van der Waals surface area contributed by atoms with Crippen LogP contribution in [0.15, 0.2) is 88.9 Å². The lowest BCUT2D eigenvalue weighted by molar-refractivity contribution is -0.384. The van der Waals surface area contributed by atoms with E-state index in [0.717, 1.165) is 11.3 Å². The molecule has 0 saturated carbocycles. The molecule has 140 valence electrons. The Labute approximate surface area is 166 Å². The first-order valence-electron chi connectivity index (χ1n) is 8.46. The van der Waals surface area contributed by atoms with Crippen LogP contribution in [0.2, 0.25) is 0 Å². The van der Waals surface area contributed by atoms with E-state index < -0.39 is 4.92 Å². The van der Waals surface area contributed by atoms with E-state index in [2.05, 4.69) is 22.7 Å². The van der Waals surface area contributed by atoms with Crippen molar-refractivity contribution < 1.29 is 9.72 Å². The summed E-state index contributed by atoms with van der Waals surface area (Å²) in [7, 11) is 0. The van der Waals surface area contributed by atoms with Crippen LogP contribution in [0, 0.1) is 10.1 Å².